The molecule has 25 heavy (non-hydrogen) atoms. The normalized spacial score (nSPS) is 33.1. The van der Waals surface area contributed by atoms with Crippen LogP contribution in [0.25, 0.3) is 0 Å². The molecule has 0 aromatic rings. The van der Waals surface area contributed by atoms with Crippen molar-refractivity contribution in [2.75, 3.05) is 13.2 Å². The first kappa shape index (κ1) is 18.5. The number of ether oxygens (including phenoxy) is 2. The lowest BCUT2D eigenvalue weighted by atomic mass is 9.83. The predicted molar refractivity (Wildman–Crippen MR) is 94.3 cm³/mol. The van der Waals surface area contributed by atoms with Crippen molar-refractivity contribution >= 4 is 12.0 Å². The zero-order valence-electron chi connectivity index (χ0n) is 16.4. The summed E-state index contributed by atoms with van der Waals surface area (Å²) in [5.74, 6) is 0.0556. The molecule has 2 bridgehead atoms. The molecule has 0 aliphatic carbocycles. The van der Waals surface area contributed by atoms with Gasteiger partial charge in [-0.1, -0.05) is 0 Å². The van der Waals surface area contributed by atoms with Crippen molar-refractivity contribution in [3.63, 3.8) is 0 Å². The molecule has 3 aliphatic rings. The highest BCUT2D eigenvalue weighted by molar-refractivity contribution is 5.79. The molecule has 0 aromatic heterocycles. The van der Waals surface area contributed by atoms with Gasteiger partial charge in [0.25, 0.3) is 0 Å². The molecule has 0 N–H and O–H groups in total. The Morgan fingerprint density at radius 3 is 2.16 bits per heavy atom. The van der Waals surface area contributed by atoms with E-state index in [2.05, 4.69) is 20.8 Å². The topological polar surface area (TPSA) is 59.1 Å². The van der Waals surface area contributed by atoms with Crippen molar-refractivity contribution < 1.29 is 19.1 Å². The predicted octanol–water partition coefficient (Wildman–Crippen LogP) is 2.94. The number of carbonyl (C=O) groups excluding carboxylic acids is 2. The average molecular weight is 352 g/mol. The third-order valence-electron chi connectivity index (χ3n) is 5.50. The Balaban J connectivity index is 1.75. The van der Waals surface area contributed by atoms with Gasteiger partial charge < -0.3 is 19.3 Å². The van der Waals surface area contributed by atoms with E-state index in [0.29, 0.717) is 6.54 Å². The van der Waals surface area contributed by atoms with E-state index in [9.17, 15) is 9.59 Å². The largest absolute Gasteiger partial charge is 0.444 e. The van der Waals surface area contributed by atoms with Gasteiger partial charge in [0.1, 0.15) is 12.2 Å². The minimum atomic E-state index is -0.484. The fourth-order valence-electron chi connectivity index (χ4n) is 4.49. The summed E-state index contributed by atoms with van der Waals surface area (Å²) in [6, 6.07) is 0.284. The van der Waals surface area contributed by atoms with E-state index in [0.717, 1.165) is 25.7 Å². The number of amides is 2. The Kier molecular flexibility index (Phi) is 4.34. The Labute approximate surface area is 150 Å². The second-order valence-electron chi connectivity index (χ2n) is 9.80. The van der Waals surface area contributed by atoms with Gasteiger partial charge in [0.2, 0.25) is 5.91 Å². The van der Waals surface area contributed by atoms with Crippen LogP contribution in [0.15, 0.2) is 0 Å². The van der Waals surface area contributed by atoms with E-state index in [1.54, 1.807) is 0 Å². The van der Waals surface area contributed by atoms with Crippen molar-refractivity contribution in [3.8, 4) is 0 Å². The zero-order chi connectivity index (χ0) is 18.6. The number of rotatable bonds is 0. The highest BCUT2D eigenvalue weighted by Gasteiger charge is 2.54. The Morgan fingerprint density at radius 2 is 1.68 bits per heavy atom. The number of morpholine rings is 1. The summed E-state index contributed by atoms with van der Waals surface area (Å²) < 4.78 is 11.7. The second-order valence-corrected chi connectivity index (χ2v) is 9.80. The summed E-state index contributed by atoms with van der Waals surface area (Å²) in [7, 11) is 0. The van der Waals surface area contributed by atoms with Crippen LogP contribution in [0.4, 0.5) is 4.79 Å². The quantitative estimate of drug-likeness (QED) is 0.672. The van der Waals surface area contributed by atoms with Crippen LogP contribution < -0.4 is 0 Å². The molecule has 3 aliphatic heterocycles. The lowest BCUT2D eigenvalue weighted by Crippen LogP contribution is -2.65. The molecular weight excluding hydrogens is 320 g/mol. The molecule has 6 heteroatoms. The lowest BCUT2D eigenvalue weighted by molar-refractivity contribution is -0.184. The van der Waals surface area contributed by atoms with Crippen molar-refractivity contribution in [1.82, 2.24) is 9.80 Å². The van der Waals surface area contributed by atoms with E-state index in [1.165, 1.54) is 0 Å². The molecule has 0 saturated carbocycles. The summed E-state index contributed by atoms with van der Waals surface area (Å²) in [4.78, 5) is 28.8. The molecular formula is C19H32N2O4. The van der Waals surface area contributed by atoms with Gasteiger partial charge in [-0.05, 0) is 67.2 Å². The molecule has 2 unspecified atom stereocenters. The maximum absolute atomic E-state index is 12.6. The fourth-order valence-corrected chi connectivity index (χ4v) is 4.49. The van der Waals surface area contributed by atoms with E-state index >= 15 is 0 Å². The second kappa shape index (κ2) is 5.86. The van der Waals surface area contributed by atoms with Crippen molar-refractivity contribution in [3.05, 3.63) is 0 Å². The molecule has 0 aromatic carbocycles. The molecule has 2 amide bonds. The molecule has 3 saturated heterocycles. The number of nitrogens with zero attached hydrogens (tertiary/aromatic N) is 2. The first-order chi connectivity index (χ1) is 11.4. The van der Waals surface area contributed by atoms with E-state index < -0.39 is 5.60 Å². The summed E-state index contributed by atoms with van der Waals surface area (Å²) in [6.45, 7) is 12.6. The molecule has 3 rings (SSSR count). The van der Waals surface area contributed by atoms with E-state index in [4.69, 9.17) is 9.47 Å². The van der Waals surface area contributed by atoms with Gasteiger partial charge in [0.15, 0.2) is 0 Å². The highest BCUT2D eigenvalue weighted by Crippen LogP contribution is 2.45. The third kappa shape index (κ3) is 3.64. The smallest absolute Gasteiger partial charge is 0.410 e. The van der Waals surface area contributed by atoms with Crippen LogP contribution in [0.5, 0.6) is 0 Å². The summed E-state index contributed by atoms with van der Waals surface area (Å²) in [5.41, 5.74) is -1.02. The van der Waals surface area contributed by atoms with E-state index in [1.807, 2.05) is 30.6 Å². The Hall–Kier alpha value is -1.30. The van der Waals surface area contributed by atoms with Gasteiger partial charge in [-0.3, -0.25) is 4.79 Å². The molecule has 142 valence electrons. The zero-order valence-corrected chi connectivity index (χ0v) is 16.4. The van der Waals surface area contributed by atoms with Crippen LogP contribution in [0.3, 0.4) is 0 Å². The van der Waals surface area contributed by atoms with Crippen LogP contribution in [-0.2, 0) is 14.3 Å². The third-order valence-corrected chi connectivity index (χ3v) is 5.50. The molecule has 3 fully saturated rings. The Morgan fingerprint density at radius 1 is 1.12 bits per heavy atom. The van der Waals surface area contributed by atoms with E-state index in [-0.39, 0.29) is 41.8 Å². The van der Waals surface area contributed by atoms with Gasteiger partial charge in [-0.15, -0.1) is 0 Å². The maximum atomic E-state index is 12.6. The van der Waals surface area contributed by atoms with Crippen molar-refractivity contribution in [1.29, 1.82) is 0 Å². The lowest BCUT2D eigenvalue weighted by Gasteiger charge is -2.52. The summed E-state index contributed by atoms with van der Waals surface area (Å²) >= 11 is 0. The SMILES string of the molecule is CC(C)(C)OC(=O)N1C2CCC1CC1(C2)CN(C(C)(C)C)C(=O)CO1. The maximum Gasteiger partial charge on any atom is 0.410 e. The minimum absolute atomic E-state index is 0.0556. The molecule has 2 atom stereocenters. The van der Waals surface area contributed by atoms with Crippen molar-refractivity contribution in [2.24, 2.45) is 0 Å². The first-order valence-electron chi connectivity index (χ1n) is 9.36. The molecule has 3 heterocycles. The van der Waals surface area contributed by atoms with Crippen LogP contribution in [0.1, 0.15) is 67.2 Å². The monoisotopic (exact) mass is 352 g/mol. The number of fused-ring (bicyclic) bond motifs is 2. The fraction of sp³-hybridized carbons (Fsp3) is 0.895. The summed E-state index contributed by atoms with van der Waals surface area (Å²) in [5, 5.41) is 0. The summed E-state index contributed by atoms with van der Waals surface area (Å²) in [6.07, 6.45) is 3.32. The van der Waals surface area contributed by atoms with Crippen LogP contribution in [0, 0.1) is 0 Å². The van der Waals surface area contributed by atoms with Gasteiger partial charge in [0.05, 0.1) is 12.1 Å². The van der Waals surface area contributed by atoms with Crippen LogP contribution in [0.2, 0.25) is 0 Å². The van der Waals surface area contributed by atoms with Gasteiger partial charge in [0, 0.05) is 17.6 Å². The number of carbonyl (C=O) groups is 2. The van der Waals surface area contributed by atoms with Gasteiger partial charge in [-0.2, -0.15) is 0 Å². The van der Waals surface area contributed by atoms with Crippen LogP contribution >= 0.6 is 0 Å². The number of piperidine rings is 1. The van der Waals surface area contributed by atoms with Crippen LogP contribution in [-0.4, -0.2) is 63.8 Å². The average Bonchev–Trinajstić information content (AvgIpc) is 2.72. The van der Waals surface area contributed by atoms with Gasteiger partial charge >= 0.3 is 6.09 Å². The van der Waals surface area contributed by atoms with Crippen molar-refractivity contribution in [2.45, 2.75) is 96.1 Å². The van der Waals surface area contributed by atoms with Gasteiger partial charge in [-0.25, -0.2) is 4.79 Å². The standard InChI is InChI=1S/C19H32N2O4/c1-17(2,3)20-12-19(24-11-15(20)22)9-13-7-8-14(10-19)21(13)16(23)25-18(4,5)6/h13-14H,7-12H2,1-6H3. The molecule has 6 nitrogen and oxygen atoms in total. The first-order valence-corrected chi connectivity index (χ1v) is 9.36. The number of hydrogen-bond acceptors (Lipinski definition) is 4. The number of hydrogen-bond donors (Lipinski definition) is 0. The Bertz CT molecular complexity index is 547. The highest BCUT2D eigenvalue weighted by atomic mass is 16.6. The molecule has 1 spiro atoms. The molecule has 0 radical (unpaired) electrons. The minimum Gasteiger partial charge on any atom is -0.444 e.